The summed E-state index contributed by atoms with van der Waals surface area (Å²) in [6, 6.07) is 8.50. The van der Waals surface area contributed by atoms with E-state index in [0.29, 0.717) is 0 Å². The van der Waals surface area contributed by atoms with Gasteiger partial charge in [0.05, 0.1) is 22.0 Å². The molecule has 1 N–H and O–H groups in total. The Hall–Kier alpha value is -0.550. The highest BCUT2D eigenvalue weighted by Gasteiger charge is 2.18. The van der Waals surface area contributed by atoms with Crippen LogP contribution < -0.4 is 10.1 Å². The lowest BCUT2D eigenvalue weighted by Crippen LogP contribution is -2.22. The normalized spacial score (nSPS) is 12.4. The second-order valence-corrected chi connectivity index (χ2v) is 7.70. The molecular weight excluding hydrogens is 370 g/mol. The van der Waals surface area contributed by atoms with Crippen LogP contribution in [0.2, 0.25) is 5.02 Å². The summed E-state index contributed by atoms with van der Waals surface area (Å²) in [5.41, 5.74) is 2.33. The molecule has 1 aromatic carbocycles. The maximum atomic E-state index is 6.19. The minimum absolute atomic E-state index is 0.133. The van der Waals surface area contributed by atoms with Gasteiger partial charge in [-0.25, -0.2) is 0 Å². The molecule has 114 valence electrons. The van der Waals surface area contributed by atoms with Gasteiger partial charge in [0.1, 0.15) is 5.75 Å². The maximum absolute atomic E-state index is 6.19. The predicted molar refractivity (Wildman–Crippen MR) is 94.9 cm³/mol. The Morgan fingerprint density at radius 1 is 1.38 bits per heavy atom. The van der Waals surface area contributed by atoms with Gasteiger partial charge < -0.3 is 10.1 Å². The zero-order valence-electron chi connectivity index (χ0n) is 12.4. The number of aryl methyl sites for hydroxylation is 1. The quantitative estimate of drug-likeness (QED) is 0.698. The van der Waals surface area contributed by atoms with Crippen molar-refractivity contribution >= 4 is 38.9 Å². The van der Waals surface area contributed by atoms with Crippen molar-refractivity contribution in [1.82, 2.24) is 5.32 Å². The average Bonchev–Trinajstić information content (AvgIpc) is 2.80. The molecule has 0 fully saturated rings. The Morgan fingerprint density at radius 3 is 2.71 bits per heavy atom. The summed E-state index contributed by atoms with van der Waals surface area (Å²) in [4.78, 5) is 1.20. The Morgan fingerprint density at radius 2 is 2.14 bits per heavy atom. The van der Waals surface area contributed by atoms with E-state index in [4.69, 9.17) is 16.3 Å². The van der Waals surface area contributed by atoms with Crippen molar-refractivity contribution < 1.29 is 4.74 Å². The third-order valence-electron chi connectivity index (χ3n) is 3.31. The number of benzene rings is 1. The van der Waals surface area contributed by atoms with Crippen LogP contribution in [0.3, 0.4) is 0 Å². The average molecular weight is 389 g/mol. The second-order valence-electron chi connectivity index (χ2n) is 4.89. The zero-order chi connectivity index (χ0) is 15.4. The number of hydrogen-bond donors (Lipinski definition) is 1. The van der Waals surface area contributed by atoms with Gasteiger partial charge in [0, 0.05) is 4.88 Å². The van der Waals surface area contributed by atoms with Crippen molar-refractivity contribution in [1.29, 1.82) is 0 Å². The van der Waals surface area contributed by atoms with E-state index < -0.39 is 0 Å². The van der Waals surface area contributed by atoms with Gasteiger partial charge >= 0.3 is 0 Å². The van der Waals surface area contributed by atoms with Crippen molar-refractivity contribution in [3.05, 3.63) is 49.1 Å². The molecule has 0 aliphatic rings. The van der Waals surface area contributed by atoms with Gasteiger partial charge in [0.15, 0.2) is 0 Å². The molecular formula is C16H19BrClNOS. The van der Waals surface area contributed by atoms with Gasteiger partial charge in [0.2, 0.25) is 0 Å². The number of methoxy groups -OCH3 is 1. The molecule has 2 aromatic rings. The molecule has 21 heavy (non-hydrogen) atoms. The van der Waals surface area contributed by atoms with Crippen molar-refractivity contribution in [2.45, 2.75) is 26.3 Å². The fourth-order valence-corrected chi connectivity index (χ4v) is 4.04. The molecule has 2 rings (SSSR count). The third-order valence-corrected chi connectivity index (χ3v) is 5.85. The van der Waals surface area contributed by atoms with Crippen LogP contribution in [0.1, 0.15) is 35.4 Å². The zero-order valence-corrected chi connectivity index (χ0v) is 15.5. The van der Waals surface area contributed by atoms with Crippen LogP contribution in [0.4, 0.5) is 0 Å². The van der Waals surface area contributed by atoms with Gasteiger partial charge in [-0.2, -0.15) is 0 Å². The van der Waals surface area contributed by atoms with E-state index in [1.54, 1.807) is 18.4 Å². The Kier molecular flexibility index (Phi) is 6.11. The first kappa shape index (κ1) is 16.8. The molecule has 0 aliphatic heterocycles. The van der Waals surface area contributed by atoms with Crippen LogP contribution >= 0.6 is 38.9 Å². The Balaban J connectivity index is 2.39. The summed E-state index contributed by atoms with van der Waals surface area (Å²) in [7, 11) is 1.71. The maximum Gasteiger partial charge on any atom is 0.122 e. The highest BCUT2D eigenvalue weighted by Crippen LogP contribution is 2.38. The summed E-state index contributed by atoms with van der Waals surface area (Å²) in [5, 5.41) is 4.35. The lowest BCUT2D eigenvalue weighted by atomic mass is 10.0. The summed E-state index contributed by atoms with van der Waals surface area (Å²) in [5.74, 6) is 0.914. The summed E-state index contributed by atoms with van der Waals surface area (Å²) >= 11 is 11.4. The minimum atomic E-state index is 0.133. The number of nitrogens with one attached hydrogen (secondary N) is 1. The third kappa shape index (κ3) is 4.01. The number of thiophene rings is 1. The van der Waals surface area contributed by atoms with Crippen molar-refractivity contribution in [3.63, 3.8) is 0 Å². The molecule has 0 saturated carbocycles. The fraction of sp³-hybridized carbons (Fsp3) is 0.375. The molecule has 1 atom stereocenters. The Bertz CT molecular complexity index is 595. The van der Waals surface area contributed by atoms with E-state index in [2.05, 4.69) is 53.3 Å². The number of rotatable bonds is 6. The smallest absolute Gasteiger partial charge is 0.122 e. The van der Waals surface area contributed by atoms with Crippen LogP contribution in [0, 0.1) is 6.92 Å². The molecule has 1 unspecified atom stereocenters. The van der Waals surface area contributed by atoms with E-state index in [-0.39, 0.29) is 6.04 Å². The monoisotopic (exact) mass is 387 g/mol. The predicted octanol–water partition coefficient (Wildman–Crippen LogP) is 5.57. The van der Waals surface area contributed by atoms with Gasteiger partial charge in [-0.15, -0.1) is 11.3 Å². The molecule has 0 amide bonds. The SMILES string of the molecule is CCCNC(c1ccc(C)c(OC)c1)c1cc(Cl)c(Br)s1. The van der Waals surface area contributed by atoms with Crippen LogP contribution in [0.15, 0.2) is 28.1 Å². The van der Waals surface area contributed by atoms with Crippen molar-refractivity contribution in [2.75, 3.05) is 13.7 Å². The molecule has 0 spiro atoms. The van der Waals surface area contributed by atoms with Crippen molar-refractivity contribution in [3.8, 4) is 5.75 Å². The standard InChI is InChI=1S/C16H19BrClNOS/c1-4-7-19-15(14-9-12(18)16(17)21-14)11-6-5-10(2)13(8-11)20-3/h5-6,8-9,15,19H,4,7H2,1-3H3. The van der Waals surface area contributed by atoms with Gasteiger partial charge in [-0.05, 0) is 59.1 Å². The van der Waals surface area contributed by atoms with Gasteiger partial charge in [-0.3, -0.25) is 0 Å². The molecule has 0 saturated heterocycles. The lowest BCUT2D eigenvalue weighted by Gasteiger charge is -2.19. The van der Waals surface area contributed by atoms with Crippen LogP contribution in [-0.2, 0) is 0 Å². The van der Waals surface area contributed by atoms with E-state index in [0.717, 1.165) is 33.1 Å². The van der Waals surface area contributed by atoms with Crippen LogP contribution in [0.25, 0.3) is 0 Å². The second kappa shape index (κ2) is 7.63. The number of hydrogen-bond acceptors (Lipinski definition) is 3. The van der Waals surface area contributed by atoms with Gasteiger partial charge in [0.25, 0.3) is 0 Å². The van der Waals surface area contributed by atoms with E-state index in [9.17, 15) is 0 Å². The number of ether oxygens (including phenoxy) is 1. The summed E-state index contributed by atoms with van der Waals surface area (Å²) in [6.07, 6.45) is 1.08. The molecule has 0 bridgehead atoms. The highest BCUT2D eigenvalue weighted by molar-refractivity contribution is 9.11. The first-order valence-electron chi connectivity index (χ1n) is 6.89. The fourth-order valence-electron chi connectivity index (χ4n) is 2.19. The molecule has 1 aromatic heterocycles. The molecule has 5 heteroatoms. The first-order valence-corrected chi connectivity index (χ1v) is 8.88. The van der Waals surface area contributed by atoms with Crippen LogP contribution in [-0.4, -0.2) is 13.7 Å². The molecule has 0 aliphatic carbocycles. The topological polar surface area (TPSA) is 21.3 Å². The highest BCUT2D eigenvalue weighted by atomic mass is 79.9. The lowest BCUT2D eigenvalue weighted by molar-refractivity contribution is 0.410. The number of halogens is 2. The summed E-state index contributed by atoms with van der Waals surface area (Å²) in [6.45, 7) is 5.17. The van der Waals surface area contributed by atoms with Crippen molar-refractivity contribution in [2.24, 2.45) is 0 Å². The minimum Gasteiger partial charge on any atom is -0.496 e. The first-order chi connectivity index (χ1) is 10.1. The van der Waals surface area contributed by atoms with E-state index >= 15 is 0 Å². The molecule has 2 nitrogen and oxygen atoms in total. The largest absolute Gasteiger partial charge is 0.496 e. The van der Waals surface area contributed by atoms with E-state index in [1.165, 1.54) is 10.4 Å². The summed E-state index contributed by atoms with van der Waals surface area (Å²) < 4.78 is 6.42. The molecule has 0 radical (unpaired) electrons. The van der Waals surface area contributed by atoms with E-state index in [1.807, 2.05) is 6.07 Å². The Labute approximate surface area is 143 Å². The molecule has 1 heterocycles. The van der Waals surface area contributed by atoms with Crippen LogP contribution in [0.5, 0.6) is 5.75 Å². The van der Waals surface area contributed by atoms with Gasteiger partial charge in [-0.1, -0.05) is 30.7 Å².